The van der Waals surface area contributed by atoms with E-state index in [-0.39, 0.29) is 11.8 Å². The fourth-order valence-corrected chi connectivity index (χ4v) is 3.65. The third-order valence-electron chi connectivity index (χ3n) is 4.78. The molecule has 0 aliphatic carbocycles. The van der Waals surface area contributed by atoms with Gasteiger partial charge in [0, 0.05) is 18.7 Å². The average Bonchev–Trinajstić information content (AvgIpc) is 3.03. The lowest BCUT2D eigenvalue weighted by Gasteiger charge is -2.19. The van der Waals surface area contributed by atoms with E-state index in [0.717, 1.165) is 5.56 Å². The Morgan fingerprint density at radius 2 is 1.66 bits per heavy atom. The molecule has 29 heavy (non-hydrogen) atoms. The van der Waals surface area contributed by atoms with E-state index in [2.05, 4.69) is 18.8 Å². The minimum atomic E-state index is -0.431. The van der Waals surface area contributed by atoms with E-state index in [0.29, 0.717) is 54.8 Å². The number of ether oxygens (including phenoxy) is 2. The van der Waals surface area contributed by atoms with Crippen molar-refractivity contribution in [2.75, 3.05) is 13.2 Å². The van der Waals surface area contributed by atoms with Crippen LogP contribution in [0.25, 0.3) is 22.6 Å². The second-order valence-electron chi connectivity index (χ2n) is 8.23. The molecule has 2 aromatic heterocycles. The Kier molecular flexibility index (Phi) is 4.94. The van der Waals surface area contributed by atoms with Crippen LogP contribution in [0.1, 0.15) is 27.7 Å². The number of fused-ring (bicyclic) bond motifs is 2. The molecule has 0 bridgehead atoms. The Morgan fingerprint density at radius 1 is 1.00 bits per heavy atom. The zero-order valence-corrected chi connectivity index (χ0v) is 17.2. The fraction of sp³-hybridized carbons (Fsp3) is 0.476. The molecular formula is C21H26N4O4. The summed E-state index contributed by atoms with van der Waals surface area (Å²) in [6.45, 7) is 10.3. The van der Waals surface area contributed by atoms with Crippen LogP contribution in [0.15, 0.2) is 27.8 Å². The molecule has 3 aromatic rings. The molecule has 0 atom stereocenters. The number of nitrogens with zero attached hydrogens (tertiary/aromatic N) is 3. The second-order valence-corrected chi connectivity index (χ2v) is 8.23. The van der Waals surface area contributed by atoms with Crippen LogP contribution in [0.5, 0.6) is 11.5 Å². The van der Waals surface area contributed by atoms with Crippen molar-refractivity contribution >= 4 is 11.2 Å². The van der Waals surface area contributed by atoms with E-state index in [1.807, 2.05) is 36.6 Å². The zero-order valence-electron chi connectivity index (χ0n) is 17.2. The Hall–Kier alpha value is -3.03. The van der Waals surface area contributed by atoms with Crippen molar-refractivity contribution in [2.45, 2.75) is 40.8 Å². The topological polar surface area (TPSA) is 91.1 Å². The van der Waals surface area contributed by atoms with Gasteiger partial charge in [0.2, 0.25) is 0 Å². The summed E-state index contributed by atoms with van der Waals surface area (Å²) in [6.07, 6.45) is 0. The third-order valence-corrected chi connectivity index (χ3v) is 4.78. The molecule has 154 valence electrons. The summed E-state index contributed by atoms with van der Waals surface area (Å²) in [5.41, 5.74) is 0.803. The van der Waals surface area contributed by atoms with Gasteiger partial charge in [0.25, 0.3) is 5.56 Å². The van der Waals surface area contributed by atoms with Crippen LogP contribution >= 0.6 is 0 Å². The van der Waals surface area contributed by atoms with E-state index < -0.39 is 11.2 Å². The van der Waals surface area contributed by atoms with Gasteiger partial charge in [-0.1, -0.05) is 27.7 Å². The molecule has 8 heteroatoms. The number of benzene rings is 1. The van der Waals surface area contributed by atoms with E-state index >= 15 is 0 Å². The number of imidazole rings is 1. The Bertz CT molecular complexity index is 1170. The van der Waals surface area contributed by atoms with Crippen LogP contribution < -0.4 is 20.7 Å². The summed E-state index contributed by atoms with van der Waals surface area (Å²) in [6, 6.07) is 5.64. The van der Waals surface area contributed by atoms with Gasteiger partial charge >= 0.3 is 5.69 Å². The normalized spacial score (nSPS) is 13.6. The standard InChI is InChI=1S/C21H26N4O4/c1-12(2)10-24-17-19(25(11-13(3)4)21(27)23-20(17)26)22-18(24)14-5-6-15-16(9-14)29-8-7-28-15/h5-6,9,12-13H,7-8,10-11H2,1-4H3,(H,23,26,27). The Labute approximate surface area is 168 Å². The molecule has 1 aromatic carbocycles. The van der Waals surface area contributed by atoms with Crippen LogP contribution in [0.4, 0.5) is 0 Å². The van der Waals surface area contributed by atoms with Crippen molar-refractivity contribution in [1.29, 1.82) is 0 Å². The number of aromatic nitrogens is 4. The van der Waals surface area contributed by atoms with Crippen LogP contribution in [-0.2, 0) is 13.1 Å². The highest BCUT2D eigenvalue weighted by Crippen LogP contribution is 2.35. The summed E-state index contributed by atoms with van der Waals surface area (Å²) in [7, 11) is 0. The maximum Gasteiger partial charge on any atom is 0.330 e. The Morgan fingerprint density at radius 3 is 2.34 bits per heavy atom. The van der Waals surface area contributed by atoms with Gasteiger partial charge in [-0.25, -0.2) is 9.78 Å². The van der Waals surface area contributed by atoms with E-state index in [1.54, 1.807) is 4.57 Å². The maximum absolute atomic E-state index is 12.7. The van der Waals surface area contributed by atoms with E-state index in [1.165, 1.54) is 0 Å². The van der Waals surface area contributed by atoms with Crippen LogP contribution in [-0.4, -0.2) is 32.3 Å². The van der Waals surface area contributed by atoms with Crippen molar-refractivity contribution < 1.29 is 9.47 Å². The quantitative estimate of drug-likeness (QED) is 0.713. The molecule has 0 amide bonds. The lowest BCUT2D eigenvalue weighted by molar-refractivity contribution is 0.171. The molecular weight excluding hydrogens is 372 g/mol. The molecule has 1 N–H and O–H groups in total. The SMILES string of the molecule is CC(C)Cn1c(-c2ccc3c(c2)OCCO3)nc2c1c(=O)[nH]c(=O)n2CC(C)C. The first-order valence-electron chi connectivity index (χ1n) is 9.98. The highest BCUT2D eigenvalue weighted by atomic mass is 16.6. The summed E-state index contributed by atoms with van der Waals surface area (Å²) >= 11 is 0. The monoisotopic (exact) mass is 398 g/mol. The fourth-order valence-electron chi connectivity index (χ4n) is 3.65. The number of hydrogen-bond donors (Lipinski definition) is 1. The number of nitrogens with one attached hydrogen (secondary N) is 1. The predicted octanol–water partition coefficient (Wildman–Crippen LogP) is 2.64. The number of aromatic amines is 1. The summed E-state index contributed by atoms with van der Waals surface area (Å²) in [5.74, 6) is 2.51. The molecule has 3 heterocycles. The van der Waals surface area contributed by atoms with Gasteiger partial charge < -0.3 is 14.0 Å². The first kappa shape index (κ1) is 19.3. The molecule has 0 radical (unpaired) electrons. The summed E-state index contributed by atoms with van der Waals surface area (Å²) < 4.78 is 14.8. The lowest BCUT2D eigenvalue weighted by atomic mass is 10.1. The average molecular weight is 398 g/mol. The van der Waals surface area contributed by atoms with Crippen molar-refractivity contribution in [2.24, 2.45) is 11.8 Å². The van der Waals surface area contributed by atoms with Gasteiger partial charge in [-0.2, -0.15) is 0 Å². The van der Waals surface area contributed by atoms with Crippen LogP contribution in [0.3, 0.4) is 0 Å². The van der Waals surface area contributed by atoms with Gasteiger partial charge in [0.1, 0.15) is 19.0 Å². The summed E-state index contributed by atoms with van der Waals surface area (Å²) in [5, 5.41) is 0. The summed E-state index contributed by atoms with van der Waals surface area (Å²) in [4.78, 5) is 32.5. The number of hydrogen-bond acceptors (Lipinski definition) is 5. The minimum absolute atomic E-state index is 0.231. The zero-order chi connectivity index (χ0) is 20.7. The molecule has 0 spiro atoms. The third kappa shape index (κ3) is 3.54. The number of rotatable bonds is 5. The molecule has 0 saturated carbocycles. The smallest absolute Gasteiger partial charge is 0.330 e. The molecule has 0 saturated heterocycles. The minimum Gasteiger partial charge on any atom is -0.486 e. The van der Waals surface area contributed by atoms with Gasteiger partial charge in [-0.3, -0.25) is 14.3 Å². The van der Waals surface area contributed by atoms with Crippen LogP contribution in [0, 0.1) is 11.8 Å². The van der Waals surface area contributed by atoms with Gasteiger partial charge in [0.05, 0.1) is 0 Å². The molecule has 0 fully saturated rings. The van der Waals surface area contributed by atoms with Crippen molar-refractivity contribution in [1.82, 2.24) is 19.1 Å². The molecule has 1 aliphatic heterocycles. The van der Waals surface area contributed by atoms with Gasteiger partial charge in [-0.05, 0) is 30.0 Å². The van der Waals surface area contributed by atoms with Crippen LogP contribution in [0.2, 0.25) is 0 Å². The van der Waals surface area contributed by atoms with Gasteiger partial charge in [0.15, 0.2) is 22.7 Å². The lowest BCUT2D eigenvalue weighted by Crippen LogP contribution is -2.32. The molecule has 4 rings (SSSR count). The highest BCUT2D eigenvalue weighted by molar-refractivity contribution is 5.77. The van der Waals surface area contributed by atoms with Crippen molar-refractivity contribution in [3.8, 4) is 22.9 Å². The molecule has 8 nitrogen and oxygen atoms in total. The first-order valence-corrected chi connectivity index (χ1v) is 9.98. The second kappa shape index (κ2) is 7.42. The largest absolute Gasteiger partial charge is 0.486 e. The van der Waals surface area contributed by atoms with Crippen molar-refractivity contribution in [3.63, 3.8) is 0 Å². The van der Waals surface area contributed by atoms with E-state index in [9.17, 15) is 9.59 Å². The van der Waals surface area contributed by atoms with E-state index in [4.69, 9.17) is 14.5 Å². The van der Waals surface area contributed by atoms with Gasteiger partial charge in [-0.15, -0.1) is 0 Å². The first-order chi connectivity index (χ1) is 13.8. The maximum atomic E-state index is 12.7. The Balaban J connectivity index is 1.99. The molecule has 0 unspecified atom stereocenters. The highest BCUT2D eigenvalue weighted by Gasteiger charge is 2.22. The number of H-pyrrole nitrogens is 1. The molecule has 1 aliphatic rings. The van der Waals surface area contributed by atoms with Crippen molar-refractivity contribution in [3.05, 3.63) is 39.0 Å². The predicted molar refractivity (Wildman–Crippen MR) is 111 cm³/mol.